The van der Waals surface area contributed by atoms with Crippen LogP contribution >= 0.6 is 39.2 Å². The number of rotatable bonds is 0. The van der Waals surface area contributed by atoms with Gasteiger partial charge >= 0.3 is 49.6 Å². The van der Waals surface area contributed by atoms with Gasteiger partial charge in [-0.1, -0.05) is 0 Å². The summed E-state index contributed by atoms with van der Waals surface area (Å²) in [5.74, 6) is 0. The van der Waals surface area contributed by atoms with Crippen LogP contribution in [0.5, 0.6) is 0 Å². The van der Waals surface area contributed by atoms with E-state index in [1.807, 2.05) is 0 Å². The molecular weight excluding hydrogens is 149 g/mol. The average Bonchev–Trinajstić information content (AvgIpc) is 0.722. The van der Waals surface area contributed by atoms with Crippen LogP contribution in [0, 0.1) is 0 Å². The van der Waals surface area contributed by atoms with E-state index >= 15 is 0 Å². The van der Waals surface area contributed by atoms with Gasteiger partial charge in [0.15, 0.2) is 0 Å². The van der Waals surface area contributed by atoms with E-state index in [9.17, 15) is 0 Å². The zero-order valence-electron chi connectivity index (χ0n) is 2.51. The SMILES string of the molecule is [Cl][Li]([Cl])([Cl])[Cl]. The van der Waals surface area contributed by atoms with E-state index in [4.69, 9.17) is 39.2 Å². The van der Waals surface area contributed by atoms with Crippen molar-refractivity contribution in [3.63, 3.8) is 0 Å². The van der Waals surface area contributed by atoms with Crippen molar-refractivity contribution in [2.75, 3.05) is 0 Å². The molecule has 0 bridgehead atoms. The van der Waals surface area contributed by atoms with Crippen molar-refractivity contribution in [2.24, 2.45) is 0 Å². The van der Waals surface area contributed by atoms with Crippen molar-refractivity contribution < 1.29 is 0 Å². The first-order valence-corrected chi connectivity index (χ1v) is 4.54. The van der Waals surface area contributed by atoms with E-state index in [0.29, 0.717) is 0 Å². The van der Waals surface area contributed by atoms with Crippen molar-refractivity contribution in [3.05, 3.63) is 0 Å². The Hall–Kier alpha value is 1.76. The Morgan fingerprint density at radius 2 is 0.800 bits per heavy atom. The van der Waals surface area contributed by atoms with Crippen LogP contribution in [0.15, 0.2) is 0 Å². The Balaban J connectivity index is 3.02. The van der Waals surface area contributed by atoms with E-state index < -0.39 is 10.4 Å². The normalized spacial score (nSPS) is 12.0. The van der Waals surface area contributed by atoms with E-state index in [1.54, 1.807) is 0 Å². The number of halogens is 4. The third-order valence-electron chi connectivity index (χ3n) is 0. The van der Waals surface area contributed by atoms with E-state index in [1.165, 1.54) is 0 Å². The van der Waals surface area contributed by atoms with Crippen LogP contribution in [-0.2, 0) is 0 Å². The fourth-order valence-electron chi connectivity index (χ4n) is 0. The molecule has 0 aliphatic carbocycles. The van der Waals surface area contributed by atoms with Gasteiger partial charge in [0.2, 0.25) is 0 Å². The van der Waals surface area contributed by atoms with Crippen molar-refractivity contribution in [2.45, 2.75) is 0 Å². The molecule has 29 valence electrons. The summed E-state index contributed by atoms with van der Waals surface area (Å²) in [5, 5.41) is 0. The maximum absolute atomic E-state index is 5.01. The molecule has 0 aromatic rings. The third kappa shape index (κ3) is 26.3. The standard InChI is InChI=1S/4ClH.Li/h4*1H;/q;;;;+4/p-4. The molecule has 0 aromatic carbocycles. The summed E-state index contributed by atoms with van der Waals surface area (Å²) in [6, 6.07) is 0. The molecule has 0 aromatic heterocycles. The Morgan fingerprint density at radius 1 is 0.800 bits per heavy atom. The van der Waals surface area contributed by atoms with Gasteiger partial charge in [-0.15, -0.1) is 0 Å². The average molecular weight is 149 g/mol. The first kappa shape index (κ1) is 6.76. The van der Waals surface area contributed by atoms with Crippen molar-refractivity contribution in [1.29, 1.82) is 0 Å². The van der Waals surface area contributed by atoms with Crippen molar-refractivity contribution >= 4 is 49.6 Å². The van der Waals surface area contributed by atoms with Crippen LogP contribution in [0.2, 0.25) is 0 Å². The molecule has 5 heteroatoms. The second-order valence-electron chi connectivity index (χ2n) is 0.857. The van der Waals surface area contributed by atoms with Crippen LogP contribution in [0.4, 0.5) is 0 Å². The first-order chi connectivity index (χ1) is 2.00. The molecule has 0 rings (SSSR count). The molecule has 0 unspecified atom stereocenters. The van der Waals surface area contributed by atoms with Crippen LogP contribution in [-0.4, -0.2) is 10.4 Å². The summed E-state index contributed by atoms with van der Waals surface area (Å²) in [6.07, 6.45) is 0. The summed E-state index contributed by atoms with van der Waals surface area (Å²) in [6.45, 7) is 0. The molecule has 0 N–H and O–H groups in total. The van der Waals surface area contributed by atoms with E-state index in [2.05, 4.69) is 0 Å². The minimum absolute atomic E-state index is 3.11. The van der Waals surface area contributed by atoms with Crippen molar-refractivity contribution in [1.82, 2.24) is 0 Å². The monoisotopic (exact) mass is 147 g/mol. The zero-order valence-corrected chi connectivity index (χ0v) is 5.54. The quantitative estimate of drug-likeness (QED) is 0.463. The zero-order chi connectivity index (χ0) is 4.50. The molecule has 0 aliphatic heterocycles. The number of hydrogen-bond acceptors (Lipinski definition) is 0. The molecule has 0 spiro atoms. The van der Waals surface area contributed by atoms with Gasteiger partial charge in [-0.05, 0) is 0 Å². The summed E-state index contributed by atoms with van der Waals surface area (Å²) < 4.78 is 0. The predicted molar refractivity (Wildman–Crippen MR) is 29.2 cm³/mol. The molecule has 0 fully saturated rings. The van der Waals surface area contributed by atoms with Crippen LogP contribution in [0.1, 0.15) is 0 Å². The fraction of sp³-hybridized carbons (Fsp3) is 0. The summed E-state index contributed by atoms with van der Waals surface area (Å²) in [4.78, 5) is 0. The summed E-state index contributed by atoms with van der Waals surface area (Å²) in [7, 11) is 16.9. The molecule has 0 amide bonds. The molecule has 0 nitrogen and oxygen atoms in total. The molecule has 0 heterocycles. The van der Waals surface area contributed by atoms with Gasteiger partial charge in [-0.2, -0.15) is 0 Å². The van der Waals surface area contributed by atoms with Crippen LogP contribution in [0.25, 0.3) is 0 Å². The predicted octanol–water partition coefficient (Wildman–Crippen LogP) is 2.38. The van der Waals surface area contributed by atoms with Gasteiger partial charge < -0.3 is 0 Å². The Labute approximate surface area is 49.4 Å². The van der Waals surface area contributed by atoms with E-state index in [-0.39, 0.29) is 0 Å². The van der Waals surface area contributed by atoms with Gasteiger partial charge in [0.05, 0.1) is 0 Å². The topological polar surface area (TPSA) is 0 Å². The van der Waals surface area contributed by atoms with Crippen LogP contribution in [0.3, 0.4) is 0 Å². The van der Waals surface area contributed by atoms with Gasteiger partial charge in [0.1, 0.15) is 0 Å². The third-order valence-corrected chi connectivity index (χ3v) is 0. The van der Waals surface area contributed by atoms with Gasteiger partial charge in [0, 0.05) is 0 Å². The molecule has 0 saturated carbocycles. The summed E-state index contributed by atoms with van der Waals surface area (Å²) in [5.41, 5.74) is 0. The van der Waals surface area contributed by atoms with Crippen LogP contribution < -0.4 is 0 Å². The number of hydrogen-bond donors (Lipinski definition) is 0. The van der Waals surface area contributed by atoms with Crippen molar-refractivity contribution in [3.8, 4) is 0 Å². The molecule has 5 heavy (non-hydrogen) atoms. The Bertz CT molecular complexity index is 19.1. The second kappa shape index (κ2) is 2.17. The van der Waals surface area contributed by atoms with Gasteiger partial charge in [0.25, 0.3) is 0 Å². The summed E-state index contributed by atoms with van der Waals surface area (Å²) >= 11 is 0. The van der Waals surface area contributed by atoms with E-state index in [0.717, 1.165) is 0 Å². The molecule has 3 radical (unpaired) electrons. The first-order valence-electron chi connectivity index (χ1n) is 1.51. The molecular formula is Cl4Li. The maximum atomic E-state index is 5.01. The minimum atomic E-state index is -3.11. The Morgan fingerprint density at radius 3 is 0.800 bits per heavy atom. The molecule has 0 saturated heterocycles. The Kier molecular flexibility index (Phi) is 2.93. The molecule has 0 aliphatic rings. The second-order valence-corrected chi connectivity index (χ2v) is 7.71. The fourth-order valence-corrected chi connectivity index (χ4v) is 0. The van der Waals surface area contributed by atoms with Gasteiger partial charge in [-0.25, -0.2) is 0 Å². The van der Waals surface area contributed by atoms with Gasteiger partial charge in [-0.3, -0.25) is 0 Å². The molecule has 0 atom stereocenters.